The first-order valence-corrected chi connectivity index (χ1v) is 5.11. The first kappa shape index (κ1) is 8.74. The van der Waals surface area contributed by atoms with E-state index in [0.29, 0.717) is 10.7 Å². The van der Waals surface area contributed by atoms with Gasteiger partial charge in [-0.2, -0.15) is 0 Å². The van der Waals surface area contributed by atoms with Gasteiger partial charge in [-0.05, 0) is 36.3 Å². The topological polar surface area (TPSA) is 52.0 Å². The Balaban J connectivity index is 0.000000200. The lowest BCUT2D eigenvalue weighted by Crippen LogP contribution is -1.80. The lowest BCUT2D eigenvalue weighted by atomic mass is 10.3. The van der Waals surface area contributed by atoms with Crippen LogP contribution in [0.1, 0.15) is 4.11 Å². The van der Waals surface area contributed by atoms with E-state index in [0.717, 1.165) is 0 Å². The number of anilines is 2. The summed E-state index contributed by atoms with van der Waals surface area (Å²) in [5.41, 5.74) is 11.4. The predicted molar refractivity (Wildman–Crippen MR) is 71.7 cm³/mol. The second-order valence-corrected chi connectivity index (χ2v) is 3.66. The van der Waals surface area contributed by atoms with Crippen molar-refractivity contribution in [3.8, 4) is 0 Å². The molecule has 84 valence electrons. The number of rotatable bonds is 0. The quantitative estimate of drug-likeness (QED) is 0.705. The van der Waals surface area contributed by atoms with Crippen molar-refractivity contribution in [2.24, 2.45) is 0 Å². The molecule has 2 aromatic carbocycles. The molecule has 0 aliphatic heterocycles. The van der Waals surface area contributed by atoms with Crippen LogP contribution in [0.4, 0.5) is 11.4 Å². The lowest BCUT2D eigenvalue weighted by molar-refractivity contribution is 1.69. The van der Waals surface area contributed by atoms with Gasteiger partial charge in [0.15, 0.2) is 0 Å². The van der Waals surface area contributed by atoms with E-state index in [-0.39, 0.29) is 28.8 Å². The fourth-order valence-electron chi connectivity index (χ4n) is 0.874. The fourth-order valence-corrected chi connectivity index (χ4v) is 1.23. The molecule has 2 rings (SSSR count). The van der Waals surface area contributed by atoms with Gasteiger partial charge in [0, 0.05) is 21.4 Å². The summed E-state index contributed by atoms with van der Waals surface area (Å²) in [5, 5.41) is 0.684. The molecule has 0 amide bonds. The van der Waals surface area contributed by atoms with Crippen molar-refractivity contribution in [3.63, 3.8) is 0 Å². The molecule has 4 N–H and O–H groups in total. The minimum atomic E-state index is -0.135. The second kappa shape index (κ2) is 6.26. The molecule has 4 heteroatoms. The number of halogens is 2. The van der Waals surface area contributed by atoms with E-state index in [9.17, 15) is 0 Å². The molecule has 0 radical (unpaired) electrons. The maximum atomic E-state index is 7.23. The number of benzene rings is 2. The van der Waals surface area contributed by atoms with Gasteiger partial charge in [-0.3, -0.25) is 0 Å². The van der Waals surface area contributed by atoms with Gasteiger partial charge >= 0.3 is 0 Å². The number of nitrogens with two attached hydrogens (primary N) is 2. The maximum Gasteiger partial charge on any atom is 0.0660 e. The third-order valence-electron chi connectivity index (χ3n) is 1.52. The summed E-state index contributed by atoms with van der Waals surface area (Å²) >= 11 is 11.1. The Morgan fingerprint density at radius 2 is 1.69 bits per heavy atom. The van der Waals surface area contributed by atoms with Crippen LogP contribution in [-0.4, -0.2) is 0 Å². The summed E-state index contributed by atoms with van der Waals surface area (Å²) < 4.78 is 21.6. The average Bonchev–Trinajstić information content (AvgIpc) is 2.34. The van der Waals surface area contributed by atoms with E-state index in [1.54, 1.807) is 18.2 Å². The van der Waals surface area contributed by atoms with Crippen molar-refractivity contribution in [1.29, 1.82) is 0 Å². The van der Waals surface area contributed by atoms with Crippen LogP contribution in [-0.2, 0) is 0 Å². The normalized spacial score (nSPS) is 11.8. The summed E-state index contributed by atoms with van der Waals surface area (Å²) in [5.74, 6) is 0. The standard InChI is InChI=1S/2C6H6ClN/c2*7-5-2-1-3-6(8)4-5/h2*1-4H,8H2/i2D,3D,4D;. The van der Waals surface area contributed by atoms with Crippen LogP contribution in [0.25, 0.3) is 0 Å². The van der Waals surface area contributed by atoms with Gasteiger partial charge in [0.2, 0.25) is 0 Å². The monoisotopic (exact) mass is 257 g/mol. The highest BCUT2D eigenvalue weighted by atomic mass is 35.5. The minimum absolute atomic E-state index is 0.00139. The van der Waals surface area contributed by atoms with Crippen molar-refractivity contribution in [2.45, 2.75) is 0 Å². The van der Waals surface area contributed by atoms with Crippen LogP contribution in [0.5, 0.6) is 0 Å². The smallest absolute Gasteiger partial charge is 0.0660 e. The van der Waals surface area contributed by atoms with Crippen molar-refractivity contribution in [1.82, 2.24) is 0 Å². The van der Waals surface area contributed by atoms with Crippen LogP contribution in [0.15, 0.2) is 48.5 Å². The summed E-state index contributed by atoms with van der Waals surface area (Å²) in [7, 11) is 0. The van der Waals surface area contributed by atoms with Crippen molar-refractivity contribution < 1.29 is 4.11 Å². The molecule has 2 nitrogen and oxygen atoms in total. The molecular weight excluding hydrogens is 243 g/mol. The minimum Gasteiger partial charge on any atom is -0.399 e. The Bertz CT molecular complexity index is 548. The van der Waals surface area contributed by atoms with Crippen LogP contribution >= 0.6 is 23.2 Å². The van der Waals surface area contributed by atoms with Gasteiger partial charge in [0.25, 0.3) is 0 Å². The van der Waals surface area contributed by atoms with Crippen LogP contribution < -0.4 is 11.5 Å². The molecule has 0 bridgehead atoms. The average molecular weight is 258 g/mol. The van der Waals surface area contributed by atoms with Gasteiger partial charge in [-0.15, -0.1) is 0 Å². The molecule has 0 unspecified atom stereocenters. The highest BCUT2D eigenvalue weighted by Gasteiger charge is 1.84. The zero-order valence-corrected chi connectivity index (χ0v) is 9.81. The summed E-state index contributed by atoms with van der Waals surface area (Å²) in [6, 6.07) is 8.14. The first-order valence-electron chi connectivity index (χ1n) is 5.85. The van der Waals surface area contributed by atoms with Crippen LogP contribution in [0.3, 0.4) is 0 Å². The van der Waals surface area contributed by atoms with Crippen LogP contribution in [0.2, 0.25) is 10.0 Å². The Kier molecular flexibility index (Phi) is 3.42. The number of hydrogen-bond acceptors (Lipinski definition) is 2. The van der Waals surface area contributed by atoms with E-state index in [1.165, 1.54) is 6.07 Å². The molecule has 16 heavy (non-hydrogen) atoms. The summed E-state index contributed by atoms with van der Waals surface area (Å²) in [6.07, 6.45) is 0. The molecule has 0 heterocycles. The van der Waals surface area contributed by atoms with E-state index in [4.69, 9.17) is 38.8 Å². The largest absolute Gasteiger partial charge is 0.399 e. The number of hydrogen-bond donors (Lipinski definition) is 2. The van der Waals surface area contributed by atoms with Crippen molar-refractivity contribution in [3.05, 3.63) is 58.5 Å². The highest BCUT2D eigenvalue weighted by molar-refractivity contribution is 6.31. The Morgan fingerprint density at radius 1 is 0.938 bits per heavy atom. The molecule has 0 aromatic heterocycles. The van der Waals surface area contributed by atoms with E-state index in [1.807, 2.05) is 6.07 Å². The van der Waals surface area contributed by atoms with Crippen molar-refractivity contribution in [2.75, 3.05) is 11.5 Å². The second-order valence-electron chi connectivity index (χ2n) is 2.84. The Morgan fingerprint density at radius 3 is 2.25 bits per heavy atom. The van der Waals surface area contributed by atoms with Crippen molar-refractivity contribution >= 4 is 34.6 Å². The molecule has 0 atom stereocenters. The molecule has 0 spiro atoms. The Labute approximate surface area is 109 Å². The third kappa shape index (κ3) is 4.91. The highest BCUT2D eigenvalue weighted by Crippen LogP contribution is 2.11. The Hall–Kier alpha value is -1.38. The molecule has 0 saturated carbocycles. The molecule has 0 saturated heterocycles. The SMILES string of the molecule is Nc1cccc(Cl)c1.[2H]c1cc([2H])c(Cl)c([2H])c1N. The van der Waals surface area contributed by atoms with Gasteiger partial charge in [0.05, 0.1) is 4.11 Å². The molecule has 2 aromatic rings. The third-order valence-corrected chi connectivity index (χ3v) is 1.96. The predicted octanol–water partition coefficient (Wildman–Crippen LogP) is 3.84. The zero-order valence-electron chi connectivity index (χ0n) is 11.3. The van der Waals surface area contributed by atoms with E-state index in [2.05, 4.69) is 0 Å². The van der Waals surface area contributed by atoms with E-state index < -0.39 is 0 Å². The van der Waals surface area contributed by atoms with Gasteiger partial charge in [-0.1, -0.05) is 35.3 Å². The lowest BCUT2D eigenvalue weighted by Gasteiger charge is -1.89. The summed E-state index contributed by atoms with van der Waals surface area (Å²) in [4.78, 5) is 0. The zero-order chi connectivity index (χ0) is 14.6. The van der Waals surface area contributed by atoms with Gasteiger partial charge < -0.3 is 11.5 Å². The van der Waals surface area contributed by atoms with E-state index >= 15 is 0 Å². The first-order chi connectivity index (χ1) is 8.82. The summed E-state index contributed by atoms with van der Waals surface area (Å²) in [6.45, 7) is 0. The van der Waals surface area contributed by atoms with Crippen LogP contribution in [0, 0.1) is 0 Å². The maximum absolute atomic E-state index is 7.23. The molecular formula is C12H12Cl2N2. The molecule has 0 fully saturated rings. The fraction of sp³-hybridized carbons (Fsp3) is 0. The number of nitrogen functional groups attached to an aromatic ring is 2. The molecule has 0 aliphatic carbocycles. The van der Waals surface area contributed by atoms with Gasteiger partial charge in [0.1, 0.15) is 0 Å². The molecule has 0 aliphatic rings. The van der Waals surface area contributed by atoms with Gasteiger partial charge in [-0.25, -0.2) is 0 Å².